The van der Waals surface area contributed by atoms with Crippen molar-refractivity contribution in [1.82, 2.24) is 10.2 Å². The molecule has 216 valence electrons. The maximum absolute atomic E-state index is 12.9. The average Bonchev–Trinajstić information content (AvgIpc) is 2.94. The topological polar surface area (TPSA) is 116 Å². The number of rotatable bonds is 5. The van der Waals surface area contributed by atoms with Crippen molar-refractivity contribution in [2.24, 2.45) is 5.92 Å². The number of aliphatic carboxylic acids is 1. The van der Waals surface area contributed by atoms with E-state index in [4.69, 9.17) is 9.90 Å². The van der Waals surface area contributed by atoms with Gasteiger partial charge in [-0.25, -0.2) is 4.79 Å². The van der Waals surface area contributed by atoms with Gasteiger partial charge in [0, 0.05) is 41.9 Å². The Labute approximate surface area is 230 Å². The van der Waals surface area contributed by atoms with Gasteiger partial charge in [0.15, 0.2) is 0 Å². The largest absolute Gasteiger partial charge is 0.490 e. The average molecular weight is 562 g/mol. The van der Waals surface area contributed by atoms with Gasteiger partial charge in [0.2, 0.25) is 5.91 Å². The first-order chi connectivity index (χ1) is 18.9. The lowest BCUT2D eigenvalue weighted by atomic mass is 9.92. The molecular weight excluding hydrogens is 527 g/mol. The number of carboxylic acids is 1. The minimum Gasteiger partial charge on any atom is -0.475 e. The summed E-state index contributed by atoms with van der Waals surface area (Å²) in [6.07, 6.45) is 2.17. The SMILES string of the molecule is Cc1ccc(C(=O)Nc2ccc(C(=O)N3CCC(C(=O)NC4CCCCC4)CC3)cc2)cc1.O=C(O)C(F)(F)F. The predicted octanol–water partition coefficient (Wildman–Crippen LogP) is 5.18. The quantitative estimate of drug-likeness (QED) is 0.465. The molecule has 2 fully saturated rings. The Morgan fingerprint density at radius 1 is 0.825 bits per heavy atom. The summed E-state index contributed by atoms with van der Waals surface area (Å²) in [5, 5.41) is 13.2. The Morgan fingerprint density at radius 3 is 1.88 bits per heavy atom. The van der Waals surface area contributed by atoms with Gasteiger partial charge < -0.3 is 20.6 Å². The number of carbonyl (C=O) groups excluding carboxylic acids is 3. The Balaban J connectivity index is 0.000000559. The van der Waals surface area contributed by atoms with Crippen LogP contribution in [0, 0.1) is 12.8 Å². The van der Waals surface area contributed by atoms with Crippen molar-refractivity contribution in [2.45, 2.75) is 64.1 Å². The zero-order chi connectivity index (χ0) is 29.3. The van der Waals surface area contributed by atoms with Crippen LogP contribution in [0.5, 0.6) is 0 Å². The first kappa shape index (κ1) is 30.6. The summed E-state index contributed by atoms with van der Waals surface area (Å²) >= 11 is 0. The van der Waals surface area contributed by atoms with Crippen LogP contribution in [-0.4, -0.2) is 59.0 Å². The van der Waals surface area contributed by atoms with Crippen molar-refractivity contribution in [3.05, 3.63) is 65.2 Å². The van der Waals surface area contributed by atoms with E-state index in [1.807, 2.05) is 24.0 Å². The van der Waals surface area contributed by atoms with Crippen molar-refractivity contribution in [3.8, 4) is 0 Å². The lowest BCUT2D eigenvalue weighted by Gasteiger charge is -2.33. The van der Waals surface area contributed by atoms with Gasteiger partial charge in [0.05, 0.1) is 0 Å². The van der Waals surface area contributed by atoms with Crippen LogP contribution < -0.4 is 10.6 Å². The molecule has 1 saturated carbocycles. The van der Waals surface area contributed by atoms with Crippen molar-refractivity contribution >= 4 is 29.4 Å². The monoisotopic (exact) mass is 561 g/mol. The number of piperidine rings is 1. The molecule has 0 bridgehead atoms. The summed E-state index contributed by atoms with van der Waals surface area (Å²) in [7, 11) is 0. The molecule has 4 rings (SSSR count). The molecule has 0 aromatic heterocycles. The van der Waals surface area contributed by atoms with Crippen LogP contribution in [0.2, 0.25) is 0 Å². The van der Waals surface area contributed by atoms with Crippen LogP contribution in [-0.2, 0) is 9.59 Å². The molecule has 40 heavy (non-hydrogen) atoms. The highest BCUT2D eigenvalue weighted by molar-refractivity contribution is 6.04. The fraction of sp³-hybridized carbons (Fsp3) is 0.448. The van der Waals surface area contributed by atoms with Gasteiger partial charge >= 0.3 is 12.1 Å². The highest BCUT2D eigenvalue weighted by atomic mass is 19.4. The Kier molecular flexibility index (Phi) is 10.7. The molecule has 11 heteroatoms. The number of hydrogen-bond acceptors (Lipinski definition) is 4. The van der Waals surface area contributed by atoms with E-state index in [9.17, 15) is 27.6 Å². The van der Waals surface area contributed by atoms with Crippen LogP contribution in [0.3, 0.4) is 0 Å². The van der Waals surface area contributed by atoms with E-state index < -0.39 is 12.1 Å². The number of carbonyl (C=O) groups is 4. The summed E-state index contributed by atoms with van der Waals surface area (Å²) in [6.45, 7) is 3.16. The summed E-state index contributed by atoms with van der Waals surface area (Å²) in [5.74, 6) is -2.81. The number of aryl methyl sites for hydroxylation is 1. The smallest absolute Gasteiger partial charge is 0.475 e. The number of amides is 3. The summed E-state index contributed by atoms with van der Waals surface area (Å²) in [6, 6.07) is 14.7. The number of alkyl halides is 3. The lowest BCUT2D eigenvalue weighted by Crippen LogP contribution is -2.45. The maximum atomic E-state index is 12.9. The van der Waals surface area contributed by atoms with Crippen molar-refractivity contribution in [1.29, 1.82) is 0 Å². The van der Waals surface area contributed by atoms with E-state index in [0.717, 1.165) is 18.4 Å². The highest BCUT2D eigenvalue weighted by Crippen LogP contribution is 2.23. The van der Waals surface area contributed by atoms with E-state index in [1.165, 1.54) is 19.3 Å². The number of hydrogen-bond donors (Lipinski definition) is 3. The third-order valence-corrected chi connectivity index (χ3v) is 7.05. The fourth-order valence-corrected chi connectivity index (χ4v) is 4.70. The second kappa shape index (κ2) is 14.0. The molecule has 2 aromatic carbocycles. The third kappa shape index (κ3) is 9.10. The molecule has 2 aliphatic rings. The van der Waals surface area contributed by atoms with Gasteiger partial charge in [-0.05, 0) is 69.0 Å². The molecule has 1 aliphatic heterocycles. The van der Waals surface area contributed by atoms with E-state index in [2.05, 4.69) is 10.6 Å². The van der Waals surface area contributed by atoms with Gasteiger partial charge in [0.1, 0.15) is 0 Å². The second-order valence-electron chi connectivity index (χ2n) is 10.1. The molecule has 3 amide bonds. The van der Waals surface area contributed by atoms with E-state index in [0.29, 0.717) is 48.8 Å². The first-order valence-electron chi connectivity index (χ1n) is 13.3. The first-order valence-corrected chi connectivity index (χ1v) is 13.3. The molecule has 1 saturated heterocycles. The van der Waals surface area contributed by atoms with Crippen LogP contribution in [0.1, 0.15) is 71.2 Å². The molecule has 0 radical (unpaired) electrons. The number of likely N-dealkylation sites (tertiary alicyclic amines) is 1. The highest BCUT2D eigenvalue weighted by Gasteiger charge is 2.38. The van der Waals surface area contributed by atoms with Gasteiger partial charge in [-0.2, -0.15) is 13.2 Å². The minimum atomic E-state index is -5.08. The van der Waals surface area contributed by atoms with Crippen molar-refractivity contribution in [2.75, 3.05) is 18.4 Å². The van der Waals surface area contributed by atoms with Crippen LogP contribution in [0.25, 0.3) is 0 Å². The number of anilines is 1. The molecule has 0 unspecified atom stereocenters. The van der Waals surface area contributed by atoms with Crippen molar-refractivity contribution < 1.29 is 37.5 Å². The number of carboxylic acid groups (broad SMARTS) is 1. The van der Waals surface area contributed by atoms with Crippen LogP contribution in [0.4, 0.5) is 18.9 Å². The molecule has 3 N–H and O–H groups in total. The second-order valence-corrected chi connectivity index (χ2v) is 10.1. The van der Waals surface area contributed by atoms with Crippen molar-refractivity contribution in [3.63, 3.8) is 0 Å². The van der Waals surface area contributed by atoms with Gasteiger partial charge in [-0.1, -0.05) is 37.0 Å². The molecular formula is C29H34F3N3O5. The van der Waals surface area contributed by atoms with Gasteiger partial charge in [0.25, 0.3) is 11.8 Å². The summed E-state index contributed by atoms with van der Waals surface area (Å²) in [4.78, 5) is 48.6. The Bertz CT molecular complexity index is 1170. The lowest BCUT2D eigenvalue weighted by molar-refractivity contribution is -0.192. The molecule has 8 nitrogen and oxygen atoms in total. The normalized spacial score (nSPS) is 16.4. The van der Waals surface area contributed by atoms with Crippen LogP contribution >= 0.6 is 0 Å². The maximum Gasteiger partial charge on any atom is 0.490 e. The number of benzene rings is 2. The van der Waals surface area contributed by atoms with Gasteiger partial charge in [-0.15, -0.1) is 0 Å². The number of halogens is 3. The molecule has 1 heterocycles. The predicted molar refractivity (Wildman–Crippen MR) is 143 cm³/mol. The zero-order valence-corrected chi connectivity index (χ0v) is 22.3. The number of nitrogens with zero attached hydrogens (tertiary/aromatic N) is 1. The standard InChI is InChI=1S/C27H33N3O3.C2HF3O2/c1-19-7-9-20(10-8-19)25(31)29-24-13-11-22(12-14-24)27(33)30-17-15-21(16-18-30)26(32)28-23-5-3-2-4-6-23;3-2(4,5)1(6)7/h7-14,21,23H,2-6,15-18H2,1H3,(H,28,32)(H,29,31);(H,6,7). The molecule has 2 aromatic rings. The van der Waals surface area contributed by atoms with Crippen LogP contribution in [0.15, 0.2) is 48.5 Å². The minimum absolute atomic E-state index is 0.00432. The molecule has 0 spiro atoms. The molecule has 0 atom stereocenters. The Hall–Kier alpha value is -3.89. The Morgan fingerprint density at radius 2 is 1.35 bits per heavy atom. The zero-order valence-electron chi connectivity index (χ0n) is 22.3. The number of nitrogens with one attached hydrogen (secondary N) is 2. The van der Waals surface area contributed by atoms with E-state index in [1.54, 1.807) is 36.4 Å². The summed E-state index contributed by atoms with van der Waals surface area (Å²) < 4.78 is 31.7. The van der Waals surface area contributed by atoms with Gasteiger partial charge in [-0.3, -0.25) is 14.4 Å². The fourth-order valence-electron chi connectivity index (χ4n) is 4.70. The van der Waals surface area contributed by atoms with E-state index >= 15 is 0 Å². The summed E-state index contributed by atoms with van der Waals surface area (Å²) in [5.41, 5.74) is 2.93. The third-order valence-electron chi connectivity index (χ3n) is 7.05. The van der Waals surface area contributed by atoms with E-state index in [-0.39, 0.29) is 23.6 Å². The molecule has 1 aliphatic carbocycles.